The van der Waals surface area contributed by atoms with Gasteiger partial charge in [0.25, 0.3) is 0 Å². The highest BCUT2D eigenvalue weighted by Crippen LogP contribution is 2.45. The highest BCUT2D eigenvalue weighted by molar-refractivity contribution is 7.47. The number of ether oxygens (including phenoxy) is 4. The summed E-state index contributed by atoms with van der Waals surface area (Å²) in [5.41, 5.74) is 0. The molecule has 0 heterocycles. The Bertz CT molecular complexity index is 1990. The van der Waals surface area contributed by atoms with Crippen molar-refractivity contribution in [2.24, 2.45) is 17.8 Å². The van der Waals surface area contributed by atoms with E-state index in [9.17, 15) is 43.2 Å². The van der Waals surface area contributed by atoms with E-state index < -0.39 is 97.5 Å². The number of hydrogen-bond acceptors (Lipinski definition) is 15. The summed E-state index contributed by atoms with van der Waals surface area (Å²) in [6.45, 7) is 12.0. The second-order valence-electron chi connectivity index (χ2n) is 31.6. The first-order valence-electron chi connectivity index (χ1n) is 43.3. The van der Waals surface area contributed by atoms with E-state index in [0.717, 1.165) is 108 Å². The van der Waals surface area contributed by atoms with Crippen molar-refractivity contribution in [1.29, 1.82) is 0 Å². The molecule has 0 saturated carbocycles. The molecule has 0 rings (SSSR count). The van der Waals surface area contributed by atoms with E-state index in [1.54, 1.807) is 0 Å². The van der Waals surface area contributed by atoms with Crippen molar-refractivity contribution < 1.29 is 80.2 Å². The predicted molar refractivity (Wildman–Crippen MR) is 423 cm³/mol. The molecule has 0 aromatic heterocycles. The normalized spacial score (nSPS) is 13.9. The van der Waals surface area contributed by atoms with E-state index in [1.165, 1.54) is 250 Å². The fraction of sp³-hybridized carbons (Fsp3) is 0.952. The van der Waals surface area contributed by atoms with Gasteiger partial charge < -0.3 is 33.8 Å². The monoisotopic (exact) mass is 1510 g/mol. The van der Waals surface area contributed by atoms with Crippen LogP contribution in [0.5, 0.6) is 0 Å². The number of carbonyl (C=O) groups is 4. The van der Waals surface area contributed by atoms with Gasteiger partial charge in [-0.1, -0.05) is 389 Å². The first kappa shape index (κ1) is 101. The van der Waals surface area contributed by atoms with Crippen LogP contribution in [0.15, 0.2) is 0 Å². The number of carbonyl (C=O) groups excluding carboxylic acids is 4. The number of esters is 4. The number of phosphoric ester groups is 2. The fourth-order valence-electron chi connectivity index (χ4n) is 13.0. The van der Waals surface area contributed by atoms with Gasteiger partial charge in [-0.05, 0) is 43.4 Å². The third-order valence-electron chi connectivity index (χ3n) is 19.6. The van der Waals surface area contributed by atoms with E-state index in [1.807, 2.05) is 0 Å². The molecule has 0 aliphatic heterocycles. The van der Waals surface area contributed by atoms with Crippen LogP contribution in [0.2, 0.25) is 0 Å². The molecular weight excluding hydrogens is 1340 g/mol. The Hall–Kier alpha value is -1.94. The van der Waals surface area contributed by atoms with Crippen LogP contribution in [0.4, 0.5) is 0 Å². The molecular formula is C84H164O17P2. The van der Waals surface area contributed by atoms with Gasteiger partial charge in [0, 0.05) is 25.7 Å². The average molecular weight is 1510 g/mol. The van der Waals surface area contributed by atoms with Crippen LogP contribution in [0.1, 0.15) is 440 Å². The van der Waals surface area contributed by atoms with Crippen molar-refractivity contribution in [3.63, 3.8) is 0 Å². The van der Waals surface area contributed by atoms with Gasteiger partial charge in [-0.3, -0.25) is 37.3 Å². The molecule has 0 amide bonds. The molecule has 0 aromatic rings. The van der Waals surface area contributed by atoms with Gasteiger partial charge in [-0.15, -0.1) is 0 Å². The van der Waals surface area contributed by atoms with E-state index in [0.29, 0.717) is 25.7 Å². The SMILES string of the molecule is CCCCCCCCCCCCCCCCCCC(=O)OC[C@H](COP(=O)(O)OC[C@@H](O)COP(=O)(O)OC[C@@H](COC(=O)CCCCCCCCCCC(C)C)OC(=O)CCCCCCCCCCCCCCC(C)C)OC(=O)CCCCCCCCCCCCCCCCCCCCC(C)C. The Labute approximate surface area is 632 Å². The van der Waals surface area contributed by atoms with Crippen LogP contribution in [0.3, 0.4) is 0 Å². The summed E-state index contributed by atoms with van der Waals surface area (Å²) in [5, 5.41) is 10.7. The molecule has 0 radical (unpaired) electrons. The molecule has 5 atom stereocenters. The first-order valence-corrected chi connectivity index (χ1v) is 46.3. The third kappa shape index (κ3) is 78.0. The maximum Gasteiger partial charge on any atom is 0.472 e. The minimum Gasteiger partial charge on any atom is -0.462 e. The summed E-state index contributed by atoms with van der Waals surface area (Å²) in [7, 11) is -9.93. The topological polar surface area (TPSA) is 237 Å². The van der Waals surface area contributed by atoms with E-state index in [2.05, 4.69) is 48.5 Å². The smallest absolute Gasteiger partial charge is 0.462 e. The largest absolute Gasteiger partial charge is 0.472 e. The van der Waals surface area contributed by atoms with Gasteiger partial charge in [0.05, 0.1) is 26.4 Å². The van der Waals surface area contributed by atoms with E-state index in [4.69, 9.17) is 37.0 Å². The van der Waals surface area contributed by atoms with Crippen LogP contribution in [0.25, 0.3) is 0 Å². The van der Waals surface area contributed by atoms with Gasteiger partial charge in [0.1, 0.15) is 19.3 Å². The van der Waals surface area contributed by atoms with Gasteiger partial charge in [0.15, 0.2) is 12.2 Å². The average Bonchev–Trinajstić information content (AvgIpc) is 0.911. The number of unbranched alkanes of at least 4 members (excludes halogenated alkanes) is 50. The standard InChI is InChI=1S/C84H164O17P2/c1-8-9-10-11-12-13-14-15-16-22-25-31-36-44-51-58-65-81(86)94-71-79(100-83(88)67-60-53-46-37-32-26-23-20-18-17-19-21-24-29-34-41-48-55-62-75(2)3)73-98-102(90,91)96-69-78(85)70-97-103(92,93)99-74-80(72-95-82(87)66-59-52-45-40-39-43-50-57-64-77(6)7)101-84(89)68-61-54-47-38-33-28-27-30-35-42-49-56-63-76(4)5/h75-80,85H,8-74H2,1-7H3,(H,90,91)(H,92,93)/t78-,79-,80-/m1/s1. The summed E-state index contributed by atoms with van der Waals surface area (Å²) >= 11 is 0. The lowest BCUT2D eigenvalue weighted by Crippen LogP contribution is -2.30. The van der Waals surface area contributed by atoms with Crippen molar-refractivity contribution in [1.82, 2.24) is 0 Å². The molecule has 3 N–H and O–H groups in total. The Balaban J connectivity index is 5.24. The number of aliphatic hydroxyl groups is 1. The van der Waals surface area contributed by atoms with Crippen LogP contribution in [0, 0.1) is 17.8 Å². The quantitative estimate of drug-likeness (QED) is 0.0222. The lowest BCUT2D eigenvalue weighted by Gasteiger charge is -2.21. The molecule has 19 heteroatoms. The van der Waals surface area contributed by atoms with Crippen LogP contribution < -0.4 is 0 Å². The number of rotatable bonds is 82. The molecule has 0 spiro atoms. The summed E-state index contributed by atoms with van der Waals surface area (Å²) in [5.74, 6) is 0.216. The van der Waals surface area contributed by atoms with Crippen molar-refractivity contribution in [2.45, 2.75) is 458 Å². The summed E-state index contributed by atoms with van der Waals surface area (Å²) in [4.78, 5) is 73.1. The van der Waals surface area contributed by atoms with Crippen molar-refractivity contribution in [3.8, 4) is 0 Å². The minimum atomic E-state index is -4.96. The maximum absolute atomic E-state index is 13.1. The molecule has 0 bridgehead atoms. The van der Waals surface area contributed by atoms with Gasteiger partial charge in [-0.25, -0.2) is 9.13 Å². The second-order valence-corrected chi connectivity index (χ2v) is 34.6. The molecule has 2 unspecified atom stereocenters. The molecule has 0 aromatic carbocycles. The zero-order chi connectivity index (χ0) is 75.8. The van der Waals surface area contributed by atoms with Crippen LogP contribution in [-0.2, 0) is 65.4 Å². The number of phosphoric acid groups is 2. The van der Waals surface area contributed by atoms with E-state index >= 15 is 0 Å². The summed E-state index contributed by atoms with van der Waals surface area (Å²) in [6.07, 6.45) is 63.9. The minimum absolute atomic E-state index is 0.106. The Morgan fingerprint density at radius 2 is 0.447 bits per heavy atom. The van der Waals surface area contributed by atoms with Crippen molar-refractivity contribution >= 4 is 39.5 Å². The van der Waals surface area contributed by atoms with Gasteiger partial charge in [0.2, 0.25) is 0 Å². The second kappa shape index (κ2) is 74.2. The van der Waals surface area contributed by atoms with Crippen LogP contribution >= 0.6 is 15.6 Å². The Kier molecular flexibility index (Phi) is 72.8. The zero-order valence-electron chi connectivity index (χ0n) is 67.8. The first-order chi connectivity index (χ1) is 49.7. The maximum atomic E-state index is 13.1. The molecule has 0 aliphatic rings. The summed E-state index contributed by atoms with van der Waals surface area (Å²) < 4.78 is 68.8. The van der Waals surface area contributed by atoms with Gasteiger partial charge >= 0.3 is 39.5 Å². The summed E-state index contributed by atoms with van der Waals surface area (Å²) in [6, 6.07) is 0. The molecule has 0 fully saturated rings. The van der Waals surface area contributed by atoms with E-state index in [-0.39, 0.29) is 25.7 Å². The molecule has 0 aliphatic carbocycles. The Morgan fingerprint density at radius 3 is 0.660 bits per heavy atom. The predicted octanol–water partition coefficient (Wildman–Crippen LogP) is 25.3. The number of hydrogen-bond donors (Lipinski definition) is 3. The van der Waals surface area contributed by atoms with Crippen LogP contribution in [-0.4, -0.2) is 96.7 Å². The van der Waals surface area contributed by atoms with Crippen molar-refractivity contribution in [2.75, 3.05) is 39.6 Å². The highest BCUT2D eigenvalue weighted by atomic mass is 31.2. The fourth-order valence-corrected chi connectivity index (χ4v) is 14.6. The lowest BCUT2D eigenvalue weighted by molar-refractivity contribution is -0.161. The lowest BCUT2D eigenvalue weighted by atomic mass is 10.0. The molecule has 612 valence electrons. The molecule has 17 nitrogen and oxygen atoms in total. The molecule has 0 saturated heterocycles. The van der Waals surface area contributed by atoms with Crippen molar-refractivity contribution in [3.05, 3.63) is 0 Å². The molecule has 103 heavy (non-hydrogen) atoms. The van der Waals surface area contributed by atoms with Gasteiger partial charge in [-0.2, -0.15) is 0 Å². The third-order valence-corrected chi connectivity index (χ3v) is 21.5. The zero-order valence-corrected chi connectivity index (χ0v) is 69.6. The highest BCUT2D eigenvalue weighted by Gasteiger charge is 2.30. The Morgan fingerprint density at radius 1 is 0.262 bits per heavy atom. The number of aliphatic hydroxyl groups excluding tert-OH is 1.